The van der Waals surface area contributed by atoms with Crippen LogP contribution in [0.5, 0.6) is 0 Å². The van der Waals surface area contributed by atoms with Crippen molar-refractivity contribution >= 4 is 51.5 Å². The molecular formula is C16H12Cl2N2O5. The Labute approximate surface area is 152 Å². The van der Waals surface area contributed by atoms with Gasteiger partial charge in [0.15, 0.2) is 0 Å². The summed E-state index contributed by atoms with van der Waals surface area (Å²) in [6.45, 7) is 5.00. The fourth-order valence-electron chi connectivity index (χ4n) is 2.59. The molecule has 0 saturated heterocycles. The molecule has 0 saturated carbocycles. The van der Waals surface area contributed by atoms with Gasteiger partial charge in [0.05, 0.1) is 31.7 Å². The number of halogens is 2. The topological polar surface area (TPSA) is 89.8 Å². The van der Waals surface area contributed by atoms with E-state index in [-0.39, 0.29) is 37.6 Å². The Hall–Kier alpha value is -2.22. The summed E-state index contributed by atoms with van der Waals surface area (Å²) in [6, 6.07) is 3.62. The van der Waals surface area contributed by atoms with Crippen LogP contribution in [-0.4, -0.2) is 27.4 Å². The van der Waals surface area contributed by atoms with E-state index in [0.717, 1.165) is 6.07 Å². The monoisotopic (exact) mass is 382 g/mol. The smallest absolute Gasteiger partial charge is 0.266 e. The van der Waals surface area contributed by atoms with Gasteiger partial charge >= 0.3 is 0 Å². The van der Waals surface area contributed by atoms with Gasteiger partial charge in [-0.05, 0) is 26.8 Å². The summed E-state index contributed by atoms with van der Waals surface area (Å²) in [4.78, 5) is 41.5. The van der Waals surface area contributed by atoms with Gasteiger partial charge in [0.25, 0.3) is 17.5 Å². The summed E-state index contributed by atoms with van der Waals surface area (Å²) >= 11 is 12.2. The van der Waals surface area contributed by atoms with Crippen molar-refractivity contribution in [1.82, 2.24) is 5.06 Å². The quantitative estimate of drug-likeness (QED) is 0.436. The fourth-order valence-corrected chi connectivity index (χ4v) is 3.01. The highest BCUT2D eigenvalue weighted by atomic mass is 35.5. The molecule has 1 aliphatic rings. The molecule has 0 unspecified atom stereocenters. The molecule has 0 aliphatic carbocycles. The zero-order valence-electron chi connectivity index (χ0n) is 13.4. The Balaban J connectivity index is 2.37. The first-order valence-corrected chi connectivity index (χ1v) is 7.95. The molecule has 25 heavy (non-hydrogen) atoms. The van der Waals surface area contributed by atoms with Crippen LogP contribution >= 0.6 is 23.2 Å². The molecule has 0 fully saturated rings. The minimum Gasteiger partial charge on any atom is -0.266 e. The van der Waals surface area contributed by atoms with Crippen LogP contribution in [0, 0.1) is 10.1 Å². The first kappa shape index (κ1) is 17.6. The van der Waals surface area contributed by atoms with E-state index < -0.39 is 22.3 Å². The van der Waals surface area contributed by atoms with Crippen molar-refractivity contribution in [1.29, 1.82) is 0 Å². The van der Waals surface area contributed by atoms with Crippen LogP contribution < -0.4 is 0 Å². The van der Waals surface area contributed by atoms with E-state index in [1.165, 1.54) is 12.1 Å². The van der Waals surface area contributed by atoms with E-state index in [1.54, 1.807) is 20.8 Å². The molecule has 3 rings (SSSR count). The predicted octanol–water partition coefficient (Wildman–Crippen LogP) is 4.38. The van der Waals surface area contributed by atoms with Crippen molar-refractivity contribution in [3.8, 4) is 0 Å². The highest BCUT2D eigenvalue weighted by Crippen LogP contribution is 2.41. The molecule has 0 atom stereocenters. The average Bonchev–Trinajstić information content (AvgIpc) is 2.51. The van der Waals surface area contributed by atoms with Gasteiger partial charge in [-0.3, -0.25) is 24.5 Å². The van der Waals surface area contributed by atoms with E-state index in [2.05, 4.69) is 0 Å². The van der Waals surface area contributed by atoms with Crippen LogP contribution in [0.3, 0.4) is 0 Å². The Morgan fingerprint density at radius 2 is 1.64 bits per heavy atom. The van der Waals surface area contributed by atoms with Crippen molar-refractivity contribution in [2.45, 2.75) is 26.4 Å². The van der Waals surface area contributed by atoms with Crippen LogP contribution in [0.25, 0.3) is 10.8 Å². The second kappa shape index (κ2) is 5.66. The molecule has 0 N–H and O–H groups in total. The largest absolute Gasteiger partial charge is 0.286 e. The first-order valence-electron chi connectivity index (χ1n) is 7.19. The lowest BCUT2D eigenvalue weighted by Gasteiger charge is -2.31. The number of nitro groups is 1. The lowest BCUT2D eigenvalue weighted by molar-refractivity contribution is -0.384. The molecule has 0 aromatic heterocycles. The average molecular weight is 383 g/mol. The third kappa shape index (κ3) is 2.84. The third-order valence-electron chi connectivity index (χ3n) is 3.52. The Kier molecular flexibility index (Phi) is 3.98. The zero-order chi connectivity index (χ0) is 18.7. The fraction of sp³-hybridized carbons (Fsp3) is 0.250. The summed E-state index contributed by atoms with van der Waals surface area (Å²) in [7, 11) is 0. The molecule has 1 heterocycles. The van der Waals surface area contributed by atoms with Crippen LogP contribution in [-0.2, 0) is 4.84 Å². The van der Waals surface area contributed by atoms with Gasteiger partial charge in [0.2, 0.25) is 0 Å². The number of rotatable bonds is 2. The lowest BCUT2D eigenvalue weighted by Crippen LogP contribution is -2.44. The van der Waals surface area contributed by atoms with Crippen molar-refractivity contribution in [2.75, 3.05) is 0 Å². The molecular weight excluding hydrogens is 371 g/mol. The summed E-state index contributed by atoms with van der Waals surface area (Å²) in [6.07, 6.45) is 0. The summed E-state index contributed by atoms with van der Waals surface area (Å²) in [5.74, 6) is -1.50. The Morgan fingerprint density at radius 3 is 2.16 bits per heavy atom. The number of carbonyl (C=O) groups excluding carboxylic acids is 2. The molecule has 7 nitrogen and oxygen atoms in total. The Bertz CT molecular complexity index is 965. The van der Waals surface area contributed by atoms with E-state index >= 15 is 0 Å². The highest BCUT2D eigenvalue weighted by molar-refractivity contribution is 6.46. The van der Waals surface area contributed by atoms with Crippen LogP contribution in [0.2, 0.25) is 10.0 Å². The normalized spacial score (nSPS) is 14.4. The van der Waals surface area contributed by atoms with Crippen molar-refractivity contribution in [2.24, 2.45) is 0 Å². The number of nitro benzene ring substituents is 1. The van der Waals surface area contributed by atoms with Crippen molar-refractivity contribution in [3.63, 3.8) is 0 Å². The second-order valence-electron chi connectivity index (χ2n) is 6.50. The van der Waals surface area contributed by atoms with Crippen LogP contribution in [0.15, 0.2) is 18.2 Å². The molecule has 0 spiro atoms. The van der Waals surface area contributed by atoms with Crippen LogP contribution in [0.1, 0.15) is 41.5 Å². The maximum absolute atomic E-state index is 12.7. The summed E-state index contributed by atoms with van der Waals surface area (Å²) in [5, 5.41) is 12.3. The standard InChI is InChI=1S/C16H12Cl2N2O5/c1-16(2,3)25-19-14(21)9-5-7(20(23)24)4-8-12(9)10(15(19)22)6-11(17)13(8)18/h4-6H,1-3H3. The summed E-state index contributed by atoms with van der Waals surface area (Å²) in [5.41, 5.74) is -1.12. The number of non-ortho nitro benzene ring substituents is 1. The van der Waals surface area contributed by atoms with Gasteiger partial charge in [-0.15, -0.1) is 5.06 Å². The molecule has 0 bridgehead atoms. The minimum absolute atomic E-state index is 0.0381. The number of nitrogens with zero attached hydrogens (tertiary/aromatic N) is 2. The summed E-state index contributed by atoms with van der Waals surface area (Å²) < 4.78 is 0. The zero-order valence-corrected chi connectivity index (χ0v) is 14.9. The van der Waals surface area contributed by atoms with E-state index in [4.69, 9.17) is 28.0 Å². The van der Waals surface area contributed by atoms with E-state index in [9.17, 15) is 19.7 Å². The molecule has 1 aliphatic heterocycles. The van der Waals surface area contributed by atoms with Crippen molar-refractivity contribution < 1.29 is 19.3 Å². The number of amides is 2. The van der Waals surface area contributed by atoms with Gasteiger partial charge in [-0.1, -0.05) is 23.2 Å². The molecule has 2 aromatic carbocycles. The lowest BCUT2D eigenvalue weighted by atomic mass is 9.94. The van der Waals surface area contributed by atoms with Gasteiger partial charge in [0.1, 0.15) is 0 Å². The van der Waals surface area contributed by atoms with E-state index in [1.807, 2.05) is 0 Å². The molecule has 0 radical (unpaired) electrons. The SMILES string of the molecule is CC(C)(C)ON1C(=O)c2cc([N+](=O)[O-])cc3c(Cl)c(Cl)cc(c23)C1=O. The minimum atomic E-state index is -0.834. The highest BCUT2D eigenvalue weighted by Gasteiger charge is 2.38. The molecule has 130 valence electrons. The predicted molar refractivity (Wildman–Crippen MR) is 92.0 cm³/mol. The molecule has 9 heteroatoms. The number of benzene rings is 2. The van der Waals surface area contributed by atoms with Crippen molar-refractivity contribution in [3.05, 3.63) is 49.5 Å². The number of hydroxylamine groups is 2. The number of carbonyl (C=O) groups is 2. The number of hydrogen-bond acceptors (Lipinski definition) is 5. The molecule has 2 amide bonds. The van der Waals surface area contributed by atoms with Gasteiger partial charge in [-0.25, -0.2) is 0 Å². The Morgan fingerprint density at radius 1 is 1.08 bits per heavy atom. The second-order valence-corrected chi connectivity index (χ2v) is 7.29. The number of hydrogen-bond donors (Lipinski definition) is 0. The van der Waals surface area contributed by atoms with Gasteiger partial charge in [0, 0.05) is 22.9 Å². The van der Waals surface area contributed by atoms with Gasteiger partial charge < -0.3 is 0 Å². The number of imide groups is 1. The molecule has 2 aromatic rings. The van der Waals surface area contributed by atoms with Gasteiger partial charge in [-0.2, -0.15) is 0 Å². The van der Waals surface area contributed by atoms with Crippen LogP contribution in [0.4, 0.5) is 5.69 Å². The maximum Gasteiger partial charge on any atom is 0.286 e. The van der Waals surface area contributed by atoms with E-state index in [0.29, 0.717) is 5.06 Å². The first-order chi connectivity index (χ1) is 11.5. The maximum atomic E-state index is 12.7. The third-order valence-corrected chi connectivity index (χ3v) is 4.32.